The normalized spacial score (nSPS) is 10.8. The smallest absolute Gasteiger partial charge is 0.338 e. The van der Waals surface area contributed by atoms with Crippen LogP contribution in [0.3, 0.4) is 0 Å². The molecular weight excluding hydrogens is 360 g/mol. The van der Waals surface area contributed by atoms with Crippen molar-refractivity contribution in [2.75, 3.05) is 11.9 Å². The molecule has 2 aromatic carbocycles. The van der Waals surface area contributed by atoms with Gasteiger partial charge in [0.1, 0.15) is 0 Å². The molecule has 7 heteroatoms. The molecular formula is C21H24N2O5. The lowest BCUT2D eigenvalue weighted by atomic mass is 9.92. The molecule has 0 radical (unpaired) electrons. The van der Waals surface area contributed by atoms with Gasteiger partial charge in [-0.1, -0.05) is 52.0 Å². The van der Waals surface area contributed by atoms with E-state index in [0.717, 1.165) is 22.9 Å². The Bertz CT molecular complexity index is 864. The summed E-state index contributed by atoms with van der Waals surface area (Å²) < 4.78 is 5.02. The van der Waals surface area contributed by atoms with Crippen molar-refractivity contribution in [2.24, 2.45) is 0 Å². The lowest BCUT2D eigenvalue weighted by molar-refractivity contribution is -0.384. The zero-order valence-electron chi connectivity index (χ0n) is 16.4. The van der Waals surface area contributed by atoms with Crippen LogP contribution in [0.25, 0.3) is 0 Å². The Morgan fingerprint density at radius 2 is 1.61 bits per heavy atom. The van der Waals surface area contributed by atoms with Gasteiger partial charge in [-0.3, -0.25) is 14.9 Å². The molecule has 0 heterocycles. The van der Waals surface area contributed by atoms with Crippen molar-refractivity contribution >= 4 is 23.3 Å². The summed E-state index contributed by atoms with van der Waals surface area (Å²) in [6.45, 7) is 7.68. The van der Waals surface area contributed by atoms with Gasteiger partial charge in [-0.15, -0.1) is 0 Å². The van der Waals surface area contributed by atoms with Crippen LogP contribution in [0, 0.1) is 10.1 Å². The summed E-state index contributed by atoms with van der Waals surface area (Å²) in [7, 11) is 0. The molecule has 148 valence electrons. The maximum absolute atomic E-state index is 12.4. The number of nitrogens with zero attached hydrogens (tertiary/aromatic N) is 1. The van der Waals surface area contributed by atoms with Gasteiger partial charge in [0, 0.05) is 17.8 Å². The molecule has 0 spiro atoms. The predicted octanol–water partition coefficient (Wildman–Crippen LogP) is 4.64. The highest BCUT2D eigenvalue weighted by atomic mass is 16.6. The lowest BCUT2D eigenvalue weighted by Gasteiger charge is -2.20. The Morgan fingerprint density at radius 1 is 1.04 bits per heavy atom. The lowest BCUT2D eigenvalue weighted by Crippen LogP contribution is -2.22. The minimum atomic E-state index is -0.792. The molecule has 1 amide bonds. The van der Waals surface area contributed by atoms with Crippen molar-refractivity contribution in [3.05, 3.63) is 69.3 Å². The molecule has 0 aliphatic carbocycles. The second kappa shape index (κ2) is 9.12. The number of carbonyl (C=O) groups excluding carboxylic acids is 2. The number of ether oxygens (including phenoxy) is 1. The third-order valence-electron chi connectivity index (χ3n) is 4.26. The van der Waals surface area contributed by atoms with Crippen LogP contribution in [-0.4, -0.2) is 23.4 Å². The molecule has 0 bridgehead atoms. The number of anilines is 1. The van der Waals surface area contributed by atoms with E-state index in [2.05, 4.69) is 5.32 Å². The summed E-state index contributed by atoms with van der Waals surface area (Å²) in [5.41, 5.74) is 2.55. The van der Waals surface area contributed by atoms with Gasteiger partial charge in [0.25, 0.3) is 11.6 Å². The quantitative estimate of drug-likeness (QED) is 0.426. The number of nitro groups is 1. The average molecular weight is 384 g/mol. The van der Waals surface area contributed by atoms with Crippen LogP contribution in [-0.2, 0) is 9.53 Å². The molecule has 2 rings (SSSR count). The zero-order valence-corrected chi connectivity index (χ0v) is 16.4. The second-order valence-corrected chi connectivity index (χ2v) is 7.05. The standard InChI is InChI=1S/C21H24N2O5/c1-13(2)17-9-6-10-18(14(3)4)20(17)22-19(24)12-28-21(25)15-7-5-8-16(11-15)23(26)27/h5-11,13-14H,12H2,1-4H3,(H,22,24). The highest BCUT2D eigenvalue weighted by molar-refractivity contribution is 5.96. The first-order valence-electron chi connectivity index (χ1n) is 9.05. The van der Waals surface area contributed by atoms with Crippen LogP contribution >= 0.6 is 0 Å². The van der Waals surface area contributed by atoms with Crippen LogP contribution < -0.4 is 5.32 Å². The van der Waals surface area contributed by atoms with E-state index in [0.29, 0.717) is 0 Å². The van der Waals surface area contributed by atoms with Gasteiger partial charge in [-0.05, 0) is 29.0 Å². The summed E-state index contributed by atoms with van der Waals surface area (Å²) in [5, 5.41) is 13.7. The maximum atomic E-state index is 12.4. The summed E-state index contributed by atoms with van der Waals surface area (Å²) in [6.07, 6.45) is 0. The molecule has 28 heavy (non-hydrogen) atoms. The first-order valence-corrected chi connectivity index (χ1v) is 9.05. The monoisotopic (exact) mass is 384 g/mol. The van der Waals surface area contributed by atoms with Gasteiger partial charge in [0.15, 0.2) is 6.61 Å². The summed E-state index contributed by atoms with van der Waals surface area (Å²) >= 11 is 0. The number of esters is 1. The van der Waals surface area contributed by atoms with E-state index >= 15 is 0 Å². The molecule has 2 aromatic rings. The molecule has 0 saturated carbocycles. The van der Waals surface area contributed by atoms with E-state index in [1.807, 2.05) is 45.9 Å². The van der Waals surface area contributed by atoms with Gasteiger partial charge < -0.3 is 10.1 Å². The highest BCUT2D eigenvalue weighted by Gasteiger charge is 2.18. The van der Waals surface area contributed by atoms with Gasteiger partial charge >= 0.3 is 5.97 Å². The number of non-ortho nitro benzene ring substituents is 1. The Labute approximate surface area is 163 Å². The molecule has 1 N–H and O–H groups in total. The molecule has 0 aliphatic rings. The number of para-hydroxylation sites is 1. The molecule has 7 nitrogen and oxygen atoms in total. The fraction of sp³-hybridized carbons (Fsp3) is 0.333. The summed E-state index contributed by atoms with van der Waals surface area (Å²) in [6, 6.07) is 11.1. The molecule has 0 aliphatic heterocycles. The molecule has 0 atom stereocenters. The van der Waals surface area contributed by atoms with Crippen molar-refractivity contribution in [3.8, 4) is 0 Å². The number of hydrogen-bond acceptors (Lipinski definition) is 5. The Morgan fingerprint density at radius 3 is 2.14 bits per heavy atom. The Hall–Kier alpha value is -3.22. The molecule has 0 saturated heterocycles. The van der Waals surface area contributed by atoms with Gasteiger partial charge in [0.05, 0.1) is 10.5 Å². The third-order valence-corrected chi connectivity index (χ3v) is 4.26. The minimum Gasteiger partial charge on any atom is -0.452 e. The van der Waals surface area contributed by atoms with Crippen LogP contribution in [0.15, 0.2) is 42.5 Å². The number of benzene rings is 2. The number of hydrogen-bond donors (Lipinski definition) is 1. The van der Waals surface area contributed by atoms with E-state index < -0.39 is 23.4 Å². The molecule has 0 unspecified atom stereocenters. The van der Waals surface area contributed by atoms with E-state index in [1.54, 1.807) is 0 Å². The fourth-order valence-electron chi connectivity index (χ4n) is 2.83. The fourth-order valence-corrected chi connectivity index (χ4v) is 2.83. The van der Waals surface area contributed by atoms with E-state index in [1.165, 1.54) is 18.2 Å². The third kappa shape index (κ3) is 5.16. The number of nitrogens with one attached hydrogen (secondary N) is 1. The first kappa shape index (κ1) is 21.1. The van der Waals surface area contributed by atoms with E-state index in [4.69, 9.17) is 4.74 Å². The largest absolute Gasteiger partial charge is 0.452 e. The topological polar surface area (TPSA) is 98.5 Å². The van der Waals surface area contributed by atoms with Gasteiger partial charge in [-0.2, -0.15) is 0 Å². The average Bonchev–Trinajstić information content (AvgIpc) is 2.65. The number of rotatable bonds is 7. The van der Waals surface area contributed by atoms with Crippen molar-refractivity contribution in [1.82, 2.24) is 0 Å². The molecule has 0 fully saturated rings. The Balaban J connectivity index is 2.10. The minimum absolute atomic E-state index is 0.0208. The van der Waals surface area contributed by atoms with E-state index in [-0.39, 0.29) is 23.1 Å². The van der Waals surface area contributed by atoms with Crippen molar-refractivity contribution in [1.29, 1.82) is 0 Å². The van der Waals surface area contributed by atoms with Gasteiger partial charge in [0.2, 0.25) is 0 Å². The van der Waals surface area contributed by atoms with Crippen molar-refractivity contribution in [3.63, 3.8) is 0 Å². The number of amides is 1. The zero-order chi connectivity index (χ0) is 20.8. The van der Waals surface area contributed by atoms with Crippen LogP contribution in [0.1, 0.15) is 61.0 Å². The number of carbonyl (C=O) groups is 2. The van der Waals surface area contributed by atoms with Crippen LogP contribution in [0.5, 0.6) is 0 Å². The highest BCUT2D eigenvalue weighted by Crippen LogP contribution is 2.32. The SMILES string of the molecule is CC(C)c1cccc(C(C)C)c1NC(=O)COC(=O)c1cccc([N+](=O)[O-])c1. The predicted molar refractivity (Wildman–Crippen MR) is 107 cm³/mol. The van der Waals surface area contributed by atoms with Gasteiger partial charge in [-0.25, -0.2) is 4.79 Å². The Kier molecular flexibility index (Phi) is 6.87. The van der Waals surface area contributed by atoms with Crippen molar-refractivity contribution in [2.45, 2.75) is 39.5 Å². The van der Waals surface area contributed by atoms with Crippen LogP contribution in [0.2, 0.25) is 0 Å². The maximum Gasteiger partial charge on any atom is 0.338 e. The summed E-state index contributed by atoms with van der Waals surface area (Å²) in [4.78, 5) is 34.7. The molecule has 0 aromatic heterocycles. The summed E-state index contributed by atoms with van der Waals surface area (Å²) in [5.74, 6) is -0.836. The number of nitro benzene ring substituents is 1. The van der Waals surface area contributed by atoms with Crippen LogP contribution in [0.4, 0.5) is 11.4 Å². The first-order chi connectivity index (χ1) is 13.2. The van der Waals surface area contributed by atoms with Crippen molar-refractivity contribution < 1.29 is 19.2 Å². The van der Waals surface area contributed by atoms with E-state index in [9.17, 15) is 19.7 Å². The second-order valence-electron chi connectivity index (χ2n) is 7.05.